The zero-order valence-electron chi connectivity index (χ0n) is 15.9. The number of likely N-dealkylation sites (tertiary alicyclic amines) is 1. The molecule has 27 heavy (non-hydrogen) atoms. The van der Waals surface area contributed by atoms with Crippen LogP contribution in [0.25, 0.3) is 11.1 Å². The van der Waals surface area contributed by atoms with Crippen LogP contribution in [0.2, 0.25) is 0 Å². The van der Waals surface area contributed by atoms with E-state index in [1.807, 2.05) is 30.7 Å². The molecule has 4 rings (SSSR count). The van der Waals surface area contributed by atoms with Crippen LogP contribution >= 0.6 is 0 Å². The van der Waals surface area contributed by atoms with E-state index in [-0.39, 0.29) is 0 Å². The molecule has 3 heterocycles. The summed E-state index contributed by atoms with van der Waals surface area (Å²) in [5, 5.41) is 7.60. The molecule has 1 atom stereocenters. The summed E-state index contributed by atoms with van der Waals surface area (Å²) in [6.45, 7) is 3.99. The minimum absolute atomic E-state index is 0.319. The minimum atomic E-state index is 0.319. The third-order valence-corrected chi connectivity index (χ3v) is 5.21. The standard InChI is InChI=1S/C21H25N5O/c1-3-20-22-11-15(12-23-20)14-26-9-5-8-19(26)21-18(13-24-25-21)16-6-4-7-17(10-16)27-2/h4,6-7,10-13,19H,3,5,8-9,14H2,1-2H3,(H,24,25)/t19-/m0/s1. The molecule has 1 fully saturated rings. The summed E-state index contributed by atoms with van der Waals surface area (Å²) in [6, 6.07) is 8.47. The summed E-state index contributed by atoms with van der Waals surface area (Å²) in [5.74, 6) is 1.75. The normalized spacial score (nSPS) is 17.3. The second-order valence-corrected chi connectivity index (χ2v) is 6.92. The van der Waals surface area contributed by atoms with Crippen LogP contribution in [-0.4, -0.2) is 38.7 Å². The number of aromatic amines is 1. The highest BCUT2D eigenvalue weighted by Gasteiger charge is 2.29. The van der Waals surface area contributed by atoms with Gasteiger partial charge in [0.25, 0.3) is 0 Å². The van der Waals surface area contributed by atoms with E-state index in [1.54, 1.807) is 7.11 Å². The third-order valence-electron chi connectivity index (χ3n) is 5.21. The van der Waals surface area contributed by atoms with Gasteiger partial charge in [-0.05, 0) is 37.1 Å². The van der Waals surface area contributed by atoms with E-state index in [0.29, 0.717) is 6.04 Å². The highest BCUT2D eigenvalue weighted by molar-refractivity contribution is 5.67. The Morgan fingerprint density at radius 1 is 1.22 bits per heavy atom. The molecule has 0 bridgehead atoms. The van der Waals surface area contributed by atoms with Gasteiger partial charge in [-0.3, -0.25) is 10.00 Å². The summed E-state index contributed by atoms with van der Waals surface area (Å²) in [6.07, 6.45) is 8.99. The number of ether oxygens (including phenoxy) is 1. The maximum atomic E-state index is 5.38. The number of nitrogens with one attached hydrogen (secondary N) is 1. The molecule has 0 unspecified atom stereocenters. The lowest BCUT2D eigenvalue weighted by molar-refractivity contribution is 0.244. The van der Waals surface area contributed by atoms with Crippen LogP contribution in [0.5, 0.6) is 5.75 Å². The lowest BCUT2D eigenvalue weighted by atomic mass is 10.0. The van der Waals surface area contributed by atoms with Crippen LogP contribution in [0, 0.1) is 0 Å². The summed E-state index contributed by atoms with van der Waals surface area (Å²) in [5.41, 5.74) is 4.59. The first-order valence-electron chi connectivity index (χ1n) is 9.50. The zero-order valence-corrected chi connectivity index (χ0v) is 15.9. The van der Waals surface area contributed by atoms with Crippen molar-refractivity contribution in [1.82, 2.24) is 25.1 Å². The van der Waals surface area contributed by atoms with Crippen molar-refractivity contribution in [3.63, 3.8) is 0 Å². The fraction of sp³-hybridized carbons (Fsp3) is 0.381. The molecule has 1 aromatic carbocycles. The summed E-state index contributed by atoms with van der Waals surface area (Å²) in [4.78, 5) is 11.4. The van der Waals surface area contributed by atoms with Gasteiger partial charge < -0.3 is 4.74 Å². The lowest BCUT2D eigenvalue weighted by Crippen LogP contribution is -2.23. The monoisotopic (exact) mass is 363 g/mol. The first-order chi connectivity index (χ1) is 13.3. The molecule has 6 nitrogen and oxygen atoms in total. The third kappa shape index (κ3) is 3.71. The van der Waals surface area contributed by atoms with Gasteiger partial charge >= 0.3 is 0 Å². The van der Waals surface area contributed by atoms with Crippen molar-refractivity contribution in [2.45, 2.75) is 38.8 Å². The number of hydrogen-bond donors (Lipinski definition) is 1. The minimum Gasteiger partial charge on any atom is -0.497 e. The number of aromatic nitrogens is 4. The van der Waals surface area contributed by atoms with Gasteiger partial charge in [0, 0.05) is 36.5 Å². The molecule has 6 heteroatoms. The number of hydrogen-bond acceptors (Lipinski definition) is 5. The van der Waals surface area contributed by atoms with E-state index in [0.717, 1.165) is 54.2 Å². The second-order valence-electron chi connectivity index (χ2n) is 6.92. The van der Waals surface area contributed by atoms with Gasteiger partial charge in [-0.15, -0.1) is 0 Å². The molecule has 0 amide bonds. The molecule has 1 saturated heterocycles. The van der Waals surface area contributed by atoms with Crippen LogP contribution in [0.15, 0.2) is 42.9 Å². The van der Waals surface area contributed by atoms with Crippen molar-refractivity contribution in [3.8, 4) is 16.9 Å². The summed E-state index contributed by atoms with van der Waals surface area (Å²) in [7, 11) is 1.69. The number of H-pyrrole nitrogens is 1. The van der Waals surface area contributed by atoms with Gasteiger partial charge in [-0.2, -0.15) is 5.10 Å². The Labute approximate surface area is 159 Å². The van der Waals surface area contributed by atoms with Crippen LogP contribution in [0.3, 0.4) is 0 Å². The Morgan fingerprint density at radius 3 is 2.85 bits per heavy atom. The van der Waals surface area contributed by atoms with Gasteiger partial charge in [0.05, 0.1) is 25.0 Å². The Hall–Kier alpha value is -2.73. The fourth-order valence-corrected chi connectivity index (χ4v) is 3.79. The average molecular weight is 363 g/mol. The molecule has 2 aromatic heterocycles. The van der Waals surface area contributed by atoms with Crippen LogP contribution in [0.1, 0.15) is 42.9 Å². The fourth-order valence-electron chi connectivity index (χ4n) is 3.79. The molecule has 0 radical (unpaired) electrons. The predicted octanol–water partition coefficient (Wildman–Crippen LogP) is 3.77. The molecule has 0 aliphatic carbocycles. The van der Waals surface area contributed by atoms with Crippen molar-refractivity contribution in [1.29, 1.82) is 0 Å². The van der Waals surface area contributed by atoms with Crippen molar-refractivity contribution in [2.24, 2.45) is 0 Å². The molecule has 0 spiro atoms. The van der Waals surface area contributed by atoms with Gasteiger partial charge in [0.1, 0.15) is 11.6 Å². The van der Waals surface area contributed by atoms with E-state index in [9.17, 15) is 0 Å². The smallest absolute Gasteiger partial charge is 0.127 e. The van der Waals surface area contributed by atoms with E-state index < -0.39 is 0 Å². The topological polar surface area (TPSA) is 66.9 Å². The molecule has 3 aromatic rings. The maximum absolute atomic E-state index is 5.38. The largest absolute Gasteiger partial charge is 0.497 e. The van der Waals surface area contributed by atoms with Gasteiger partial charge in [0.15, 0.2) is 0 Å². The lowest BCUT2D eigenvalue weighted by Gasteiger charge is -2.24. The Bertz CT molecular complexity index is 890. The predicted molar refractivity (Wildman–Crippen MR) is 104 cm³/mol. The van der Waals surface area contributed by atoms with Crippen LogP contribution < -0.4 is 4.74 Å². The molecular weight excluding hydrogens is 338 g/mol. The van der Waals surface area contributed by atoms with Crippen LogP contribution in [-0.2, 0) is 13.0 Å². The molecule has 1 N–H and O–H groups in total. The highest BCUT2D eigenvalue weighted by Crippen LogP contribution is 2.37. The number of nitrogens with zero attached hydrogens (tertiary/aromatic N) is 4. The summed E-state index contributed by atoms with van der Waals surface area (Å²) >= 11 is 0. The Morgan fingerprint density at radius 2 is 2.07 bits per heavy atom. The number of rotatable bonds is 6. The van der Waals surface area contributed by atoms with Crippen molar-refractivity contribution >= 4 is 0 Å². The van der Waals surface area contributed by atoms with Gasteiger partial charge in [-0.25, -0.2) is 9.97 Å². The zero-order chi connectivity index (χ0) is 18.6. The average Bonchev–Trinajstić information content (AvgIpc) is 3.37. The molecule has 1 aliphatic rings. The van der Waals surface area contributed by atoms with Gasteiger partial charge in [0.2, 0.25) is 0 Å². The van der Waals surface area contributed by atoms with Crippen molar-refractivity contribution in [2.75, 3.05) is 13.7 Å². The Kier molecular flexibility index (Phi) is 5.16. The molecular formula is C21H25N5O. The molecule has 0 saturated carbocycles. The van der Waals surface area contributed by atoms with Gasteiger partial charge in [-0.1, -0.05) is 19.1 Å². The van der Waals surface area contributed by atoms with E-state index in [1.165, 1.54) is 12.1 Å². The number of methoxy groups -OCH3 is 1. The first-order valence-corrected chi connectivity index (χ1v) is 9.50. The van der Waals surface area contributed by atoms with Crippen molar-refractivity contribution in [3.05, 3.63) is 59.9 Å². The second kappa shape index (κ2) is 7.88. The SMILES string of the molecule is CCc1ncc(CN2CCC[C@H]2c2[nH]ncc2-c2cccc(OC)c2)cn1. The Balaban J connectivity index is 1.58. The number of aryl methyl sites for hydroxylation is 1. The van der Waals surface area contributed by atoms with Crippen molar-refractivity contribution < 1.29 is 4.74 Å². The highest BCUT2D eigenvalue weighted by atomic mass is 16.5. The molecule has 140 valence electrons. The first kappa shape index (κ1) is 17.7. The van der Waals surface area contributed by atoms with E-state index in [2.05, 4.69) is 44.1 Å². The van der Waals surface area contributed by atoms with E-state index >= 15 is 0 Å². The van der Waals surface area contributed by atoms with Crippen LogP contribution in [0.4, 0.5) is 0 Å². The summed E-state index contributed by atoms with van der Waals surface area (Å²) < 4.78 is 5.38. The number of benzene rings is 1. The maximum Gasteiger partial charge on any atom is 0.127 e. The molecule has 1 aliphatic heterocycles. The van der Waals surface area contributed by atoms with E-state index in [4.69, 9.17) is 4.74 Å². The quantitative estimate of drug-likeness (QED) is 0.722.